The third-order valence-corrected chi connectivity index (χ3v) is 8.03. The normalized spacial score (nSPS) is 20.2. The Labute approximate surface area is 230 Å². The van der Waals surface area contributed by atoms with Crippen LogP contribution in [0.15, 0.2) is 24.3 Å². The van der Waals surface area contributed by atoms with Crippen LogP contribution in [0.3, 0.4) is 0 Å². The fourth-order valence-corrected chi connectivity index (χ4v) is 5.60. The minimum Gasteiger partial charge on any atom is -0.461 e. The minimum absolute atomic E-state index is 0.0992. The highest BCUT2D eigenvalue weighted by Gasteiger charge is 2.43. The summed E-state index contributed by atoms with van der Waals surface area (Å²) in [6.07, 6.45) is -6.04. The number of ether oxygens (including phenoxy) is 1. The van der Waals surface area contributed by atoms with Gasteiger partial charge in [-0.05, 0) is 55.7 Å². The van der Waals surface area contributed by atoms with Crippen LogP contribution in [0.4, 0.5) is 35.1 Å². The maximum absolute atomic E-state index is 14.4. The Bertz CT molecular complexity index is 1280. The highest BCUT2D eigenvalue weighted by atomic mass is 31.2. The Morgan fingerprint density at radius 3 is 1.80 bits per heavy atom. The van der Waals surface area contributed by atoms with E-state index in [1.807, 2.05) is 20.8 Å². The first kappa shape index (κ1) is 32.7. The second-order valence-electron chi connectivity index (χ2n) is 10.7. The first-order valence-electron chi connectivity index (χ1n) is 12.5. The van der Waals surface area contributed by atoms with Gasteiger partial charge in [-0.2, -0.15) is 27.0 Å². The first-order chi connectivity index (χ1) is 18.8. The zero-order valence-electron chi connectivity index (χ0n) is 22.4. The Kier molecular flexibility index (Phi) is 9.69. The van der Waals surface area contributed by atoms with Crippen LogP contribution in [-0.4, -0.2) is 24.3 Å². The van der Waals surface area contributed by atoms with E-state index in [0.29, 0.717) is 0 Å². The number of carbonyl (C=O) groups is 1. The van der Waals surface area contributed by atoms with E-state index in [0.717, 1.165) is 12.5 Å². The molecule has 0 spiro atoms. The van der Waals surface area contributed by atoms with Crippen molar-refractivity contribution in [2.24, 2.45) is 5.92 Å². The van der Waals surface area contributed by atoms with E-state index < -0.39 is 72.8 Å². The number of hydrogen-bond donors (Lipinski definition) is 1. The molecule has 2 aromatic carbocycles. The topological polar surface area (TPSA) is 73.9 Å². The van der Waals surface area contributed by atoms with E-state index >= 15 is 0 Å². The van der Waals surface area contributed by atoms with Crippen molar-refractivity contribution in [3.05, 3.63) is 58.9 Å². The van der Waals surface area contributed by atoms with Gasteiger partial charge in [0.05, 0.1) is 5.92 Å². The van der Waals surface area contributed by atoms with Gasteiger partial charge in [-0.15, -0.1) is 0 Å². The maximum atomic E-state index is 14.4. The van der Waals surface area contributed by atoms with Crippen LogP contribution in [0.1, 0.15) is 58.9 Å². The predicted molar refractivity (Wildman–Crippen MR) is 131 cm³/mol. The van der Waals surface area contributed by atoms with Gasteiger partial charge in [-0.25, -0.2) is 17.7 Å². The van der Waals surface area contributed by atoms with E-state index in [2.05, 4.69) is 5.09 Å². The van der Waals surface area contributed by atoms with E-state index in [9.17, 15) is 44.5 Å². The van der Waals surface area contributed by atoms with Crippen molar-refractivity contribution in [2.45, 2.75) is 77.1 Å². The fraction of sp³-hybridized carbons (Fsp3) is 0.500. The summed E-state index contributed by atoms with van der Waals surface area (Å²) < 4.78 is 137. The van der Waals surface area contributed by atoms with Crippen LogP contribution in [0.2, 0.25) is 0 Å². The lowest BCUT2D eigenvalue weighted by Crippen LogP contribution is -2.39. The first-order valence-corrected chi connectivity index (χ1v) is 14.0. The number of halogens is 8. The number of nitrogens with one attached hydrogen (secondary N) is 1. The van der Waals surface area contributed by atoms with E-state index in [1.54, 1.807) is 12.1 Å². The summed E-state index contributed by atoms with van der Waals surface area (Å²) in [5.41, 5.74) is 0.481. The lowest BCUT2D eigenvalue weighted by atomic mass is 9.87. The number of carbonyl (C=O) groups excluding carboxylic acids is 1. The molecule has 228 valence electrons. The zero-order valence-corrected chi connectivity index (χ0v) is 23.3. The lowest BCUT2D eigenvalue weighted by Gasteiger charge is -2.30. The van der Waals surface area contributed by atoms with Crippen molar-refractivity contribution in [1.82, 2.24) is 5.09 Å². The molecule has 1 saturated carbocycles. The van der Waals surface area contributed by atoms with Crippen molar-refractivity contribution < 1.29 is 58.3 Å². The van der Waals surface area contributed by atoms with Crippen LogP contribution in [0.25, 0.3) is 0 Å². The molecule has 1 aliphatic carbocycles. The van der Waals surface area contributed by atoms with Gasteiger partial charge in [-0.1, -0.05) is 32.9 Å². The molecule has 1 unspecified atom stereocenters. The number of alkyl halides is 3. The lowest BCUT2D eigenvalue weighted by molar-refractivity contribution is -0.188. The number of hydrogen-bond acceptors (Lipinski definition) is 5. The largest absolute Gasteiger partial charge is 0.513 e. The predicted octanol–water partition coefficient (Wildman–Crippen LogP) is 7.89. The van der Waals surface area contributed by atoms with Crippen LogP contribution < -0.4 is 14.1 Å². The van der Waals surface area contributed by atoms with Crippen LogP contribution in [-0.2, 0) is 19.5 Å². The van der Waals surface area contributed by atoms with Gasteiger partial charge in [0.25, 0.3) is 0 Å². The van der Waals surface area contributed by atoms with Gasteiger partial charge in [-0.3, -0.25) is 4.79 Å². The van der Waals surface area contributed by atoms with Gasteiger partial charge in [0.15, 0.2) is 0 Å². The molecule has 0 heterocycles. The monoisotopic (exact) mass is 617 g/mol. The fourth-order valence-electron chi connectivity index (χ4n) is 4.08. The molecule has 6 nitrogen and oxygen atoms in total. The second-order valence-corrected chi connectivity index (χ2v) is 12.3. The van der Waals surface area contributed by atoms with Gasteiger partial charge in [0, 0.05) is 0 Å². The van der Waals surface area contributed by atoms with Crippen LogP contribution >= 0.6 is 7.75 Å². The quantitative estimate of drug-likeness (QED) is 0.107. The summed E-state index contributed by atoms with van der Waals surface area (Å²) in [5.74, 6) is -16.9. The highest BCUT2D eigenvalue weighted by Crippen LogP contribution is 2.48. The summed E-state index contributed by atoms with van der Waals surface area (Å²) in [4.78, 5) is 12.7. The molecular formula is C26H28F8NO5P. The van der Waals surface area contributed by atoms with Gasteiger partial charge >= 0.3 is 19.9 Å². The Morgan fingerprint density at radius 2 is 1.34 bits per heavy atom. The number of rotatable bonds is 8. The summed E-state index contributed by atoms with van der Waals surface area (Å²) in [6.45, 7) is 6.75. The van der Waals surface area contributed by atoms with Gasteiger partial charge < -0.3 is 13.8 Å². The van der Waals surface area contributed by atoms with Gasteiger partial charge in [0.1, 0.15) is 17.9 Å². The van der Waals surface area contributed by atoms with Crippen LogP contribution in [0.5, 0.6) is 11.5 Å². The Morgan fingerprint density at radius 1 is 0.854 bits per heavy atom. The molecule has 2 aromatic rings. The molecule has 0 saturated heterocycles. The molecule has 0 amide bonds. The third kappa shape index (κ3) is 7.91. The third-order valence-electron chi connectivity index (χ3n) is 6.45. The summed E-state index contributed by atoms with van der Waals surface area (Å²) >= 11 is 0. The molecule has 2 atom stereocenters. The number of esters is 1. The Balaban J connectivity index is 1.85. The standard InChI is InChI=1S/C26H28F8NO5P/c1-13(24(36)38-16-9-7-15(8-10-16)26(32,33)34)35-41(37,39-17-11-5-14(6-12-17)25(2,3)4)40-23-21(30)19(28)18(27)20(29)22(23)31/h5-6,11-13,15-16H,7-10H2,1-4H3,(H,35,37)/t13-,15?,16?,41?/m0/s1. The molecule has 0 aromatic heterocycles. The molecule has 1 aliphatic rings. The van der Waals surface area contributed by atoms with Crippen molar-refractivity contribution in [3.63, 3.8) is 0 Å². The van der Waals surface area contributed by atoms with Crippen molar-refractivity contribution in [1.29, 1.82) is 0 Å². The molecule has 0 radical (unpaired) electrons. The molecule has 0 bridgehead atoms. The average Bonchev–Trinajstić information content (AvgIpc) is 2.88. The summed E-state index contributed by atoms with van der Waals surface area (Å²) in [5, 5.41) is 2.05. The van der Waals surface area contributed by atoms with Crippen molar-refractivity contribution in [2.75, 3.05) is 0 Å². The SMILES string of the molecule is C[C@H](NP(=O)(Oc1ccc(C(C)(C)C)cc1)Oc1c(F)c(F)c(F)c(F)c1F)C(=O)OC1CCC(C(F)(F)F)CC1. The Hall–Kier alpha value is -2.86. The molecule has 0 aliphatic heterocycles. The minimum atomic E-state index is -5.16. The second kappa shape index (κ2) is 12.2. The number of benzene rings is 2. The smallest absolute Gasteiger partial charge is 0.461 e. The summed E-state index contributed by atoms with van der Waals surface area (Å²) in [6, 6.07) is 4.11. The molecule has 3 rings (SSSR count). The molecule has 1 fully saturated rings. The average molecular weight is 617 g/mol. The maximum Gasteiger partial charge on any atom is 0.513 e. The van der Waals surface area contributed by atoms with E-state index in [4.69, 9.17) is 13.8 Å². The zero-order chi connectivity index (χ0) is 30.9. The van der Waals surface area contributed by atoms with Crippen molar-refractivity contribution in [3.8, 4) is 11.5 Å². The van der Waals surface area contributed by atoms with Crippen LogP contribution in [0, 0.1) is 35.0 Å². The van der Waals surface area contributed by atoms with Crippen molar-refractivity contribution >= 4 is 13.7 Å². The highest BCUT2D eigenvalue weighted by molar-refractivity contribution is 7.52. The molecule has 41 heavy (non-hydrogen) atoms. The molecule has 15 heteroatoms. The van der Waals surface area contributed by atoms with E-state index in [-0.39, 0.29) is 36.8 Å². The molecular weight excluding hydrogens is 589 g/mol. The molecule has 1 N–H and O–H groups in total. The van der Waals surface area contributed by atoms with Gasteiger partial charge in [0.2, 0.25) is 34.8 Å². The van der Waals surface area contributed by atoms with E-state index in [1.165, 1.54) is 12.1 Å². The summed E-state index contributed by atoms with van der Waals surface area (Å²) in [7, 11) is -5.16.